The van der Waals surface area contributed by atoms with Crippen molar-refractivity contribution in [2.24, 2.45) is 10.7 Å². The summed E-state index contributed by atoms with van der Waals surface area (Å²) in [4.78, 5) is 5.16. The standard InChI is InChI=1S/C7H9BrN2S2/c1-10-7(9)11-4-5-2-3-6(8)12-5/h2-3H,4H2,1H3,(H2,9,10). The lowest BCUT2D eigenvalue weighted by Gasteiger charge is -1.95. The highest BCUT2D eigenvalue weighted by Gasteiger charge is 1.98. The van der Waals surface area contributed by atoms with E-state index in [0.29, 0.717) is 5.17 Å². The lowest BCUT2D eigenvalue weighted by atomic mass is 10.5. The summed E-state index contributed by atoms with van der Waals surface area (Å²) in [7, 11) is 1.70. The number of thiophene rings is 1. The number of thioether (sulfide) groups is 1. The molecule has 0 saturated heterocycles. The molecule has 1 aromatic rings. The fraction of sp³-hybridized carbons (Fsp3) is 0.286. The Balaban J connectivity index is 2.43. The molecule has 1 heterocycles. The van der Waals surface area contributed by atoms with E-state index in [2.05, 4.69) is 27.0 Å². The molecule has 2 N–H and O–H groups in total. The van der Waals surface area contributed by atoms with Crippen molar-refractivity contribution in [3.05, 3.63) is 20.8 Å². The van der Waals surface area contributed by atoms with Crippen LogP contribution >= 0.6 is 39.0 Å². The third-order valence-electron chi connectivity index (χ3n) is 1.21. The van der Waals surface area contributed by atoms with Crippen LogP contribution in [0.4, 0.5) is 0 Å². The molecule has 0 spiro atoms. The van der Waals surface area contributed by atoms with Gasteiger partial charge in [-0.15, -0.1) is 11.3 Å². The lowest BCUT2D eigenvalue weighted by molar-refractivity contribution is 1.43. The quantitative estimate of drug-likeness (QED) is 0.659. The van der Waals surface area contributed by atoms with E-state index in [1.165, 1.54) is 4.88 Å². The number of hydrogen-bond acceptors (Lipinski definition) is 3. The van der Waals surface area contributed by atoms with Crippen molar-refractivity contribution >= 4 is 44.2 Å². The van der Waals surface area contributed by atoms with Crippen molar-refractivity contribution in [2.45, 2.75) is 5.75 Å². The van der Waals surface area contributed by atoms with Crippen LogP contribution < -0.4 is 5.73 Å². The average Bonchev–Trinajstić information content (AvgIpc) is 2.47. The van der Waals surface area contributed by atoms with E-state index in [0.717, 1.165) is 9.54 Å². The highest BCUT2D eigenvalue weighted by atomic mass is 79.9. The van der Waals surface area contributed by atoms with Crippen LogP contribution in [0.3, 0.4) is 0 Å². The fourth-order valence-corrected chi connectivity index (χ4v) is 2.85. The Bertz CT molecular complexity index is 283. The van der Waals surface area contributed by atoms with Crippen molar-refractivity contribution in [2.75, 3.05) is 7.05 Å². The minimum absolute atomic E-state index is 0.638. The van der Waals surface area contributed by atoms with E-state index < -0.39 is 0 Å². The van der Waals surface area contributed by atoms with Gasteiger partial charge in [0, 0.05) is 17.7 Å². The van der Waals surface area contributed by atoms with Crippen LogP contribution in [0.15, 0.2) is 20.9 Å². The first-order valence-corrected chi connectivity index (χ1v) is 5.91. The normalized spacial score (nSPS) is 12.0. The molecule has 0 unspecified atom stereocenters. The highest BCUT2D eigenvalue weighted by molar-refractivity contribution is 9.11. The number of amidine groups is 1. The zero-order chi connectivity index (χ0) is 8.97. The molecule has 0 aliphatic carbocycles. The molecule has 0 fully saturated rings. The number of halogens is 1. The Morgan fingerprint density at radius 1 is 1.75 bits per heavy atom. The first-order valence-electron chi connectivity index (χ1n) is 3.31. The fourth-order valence-electron chi connectivity index (χ4n) is 0.639. The summed E-state index contributed by atoms with van der Waals surface area (Å²) >= 11 is 6.69. The number of aliphatic imine (C=N–C) groups is 1. The number of hydrogen-bond donors (Lipinski definition) is 1. The number of rotatable bonds is 2. The van der Waals surface area contributed by atoms with Crippen LogP contribution in [0.1, 0.15) is 4.88 Å². The Hall–Kier alpha value is -0.0000000000000000833. The van der Waals surface area contributed by atoms with Gasteiger partial charge < -0.3 is 5.73 Å². The minimum atomic E-state index is 0.638. The topological polar surface area (TPSA) is 38.4 Å². The summed E-state index contributed by atoms with van der Waals surface area (Å²) in [5.74, 6) is 0.902. The maximum absolute atomic E-state index is 5.53. The van der Waals surface area contributed by atoms with Gasteiger partial charge in [-0.05, 0) is 28.1 Å². The minimum Gasteiger partial charge on any atom is -0.379 e. The maximum atomic E-state index is 5.53. The molecule has 0 saturated carbocycles. The van der Waals surface area contributed by atoms with Crippen LogP contribution in [0.5, 0.6) is 0 Å². The first-order chi connectivity index (χ1) is 5.72. The maximum Gasteiger partial charge on any atom is 0.153 e. The lowest BCUT2D eigenvalue weighted by Crippen LogP contribution is -2.05. The van der Waals surface area contributed by atoms with Crippen LogP contribution in [-0.2, 0) is 5.75 Å². The van der Waals surface area contributed by atoms with E-state index in [4.69, 9.17) is 5.73 Å². The molecular formula is C7H9BrN2S2. The summed E-state index contributed by atoms with van der Waals surface area (Å²) in [6.45, 7) is 0. The van der Waals surface area contributed by atoms with Crippen molar-refractivity contribution < 1.29 is 0 Å². The van der Waals surface area contributed by atoms with Gasteiger partial charge in [0.05, 0.1) is 3.79 Å². The Morgan fingerprint density at radius 2 is 2.50 bits per heavy atom. The molecule has 12 heavy (non-hydrogen) atoms. The zero-order valence-electron chi connectivity index (χ0n) is 6.58. The molecular weight excluding hydrogens is 256 g/mol. The van der Waals surface area contributed by atoms with Gasteiger partial charge in [-0.3, -0.25) is 4.99 Å². The second kappa shape index (κ2) is 4.89. The Kier molecular flexibility index (Phi) is 4.11. The average molecular weight is 265 g/mol. The third kappa shape index (κ3) is 3.16. The third-order valence-corrected chi connectivity index (χ3v) is 3.95. The molecule has 0 bridgehead atoms. The van der Waals surface area contributed by atoms with E-state index in [9.17, 15) is 0 Å². The molecule has 5 heteroatoms. The van der Waals surface area contributed by atoms with E-state index in [-0.39, 0.29) is 0 Å². The van der Waals surface area contributed by atoms with Crippen LogP contribution in [0.2, 0.25) is 0 Å². The molecule has 0 aromatic carbocycles. The van der Waals surface area contributed by atoms with E-state index >= 15 is 0 Å². The molecule has 0 amide bonds. The Labute approximate surface area is 88.4 Å². The van der Waals surface area contributed by atoms with Gasteiger partial charge in [0.1, 0.15) is 0 Å². The molecule has 1 rings (SSSR count). The van der Waals surface area contributed by atoms with Gasteiger partial charge in [0.25, 0.3) is 0 Å². The molecule has 2 nitrogen and oxygen atoms in total. The predicted molar refractivity (Wildman–Crippen MR) is 60.9 cm³/mol. The molecule has 0 atom stereocenters. The van der Waals surface area contributed by atoms with Gasteiger partial charge in [0.2, 0.25) is 0 Å². The van der Waals surface area contributed by atoms with Crippen molar-refractivity contribution in [3.63, 3.8) is 0 Å². The van der Waals surface area contributed by atoms with Crippen molar-refractivity contribution in [1.82, 2.24) is 0 Å². The van der Waals surface area contributed by atoms with Gasteiger partial charge in [-0.1, -0.05) is 11.8 Å². The van der Waals surface area contributed by atoms with Gasteiger partial charge >= 0.3 is 0 Å². The summed E-state index contributed by atoms with van der Waals surface area (Å²) in [6, 6.07) is 4.13. The highest BCUT2D eigenvalue weighted by Crippen LogP contribution is 2.25. The van der Waals surface area contributed by atoms with Crippen LogP contribution in [0, 0.1) is 0 Å². The molecule has 0 aliphatic heterocycles. The van der Waals surface area contributed by atoms with Crippen molar-refractivity contribution in [1.29, 1.82) is 0 Å². The van der Waals surface area contributed by atoms with E-state index in [1.807, 2.05) is 6.07 Å². The largest absolute Gasteiger partial charge is 0.379 e. The first kappa shape index (κ1) is 10.1. The Morgan fingerprint density at radius 3 is 3.00 bits per heavy atom. The van der Waals surface area contributed by atoms with Crippen LogP contribution in [0.25, 0.3) is 0 Å². The summed E-state index contributed by atoms with van der Waals surface area (Å²) in [5, 5.41) is 0.638. The van der Waals surface area contributed by atoms with Crippen molar-refractivity contribution in [3.8, 4) is 0 Å². The summed E-state index contributed by atoms with van der Waals surface area (Å²) < 4.78 is 1.16. The number of nitrogens with two attached hydrogens (primary N) is 1. The number of nitrogens with zero attached hydrogens (tertiary/aromatic N) is 1. The summed E-state index contributed by atoms with van der Waals surface area (Å²) in [5.41, 5.74) is 5.53. The van der Waals surface area contributed by atoms with Crippen LogP contribution in [-0.4, -0.2) is 12.2 Å². The van der Waals surface area contributed by atoms with E-state index in [1.54, 1.807) is 30.1 Å². The van der Waals surface area contributed by atoms with Gasteiger partial charge in [-0.2, -0.15) is 0 Å². The molecule has 0 radical (unpaired) electrons. The second-order valence-electron chi connectivity index (χ2n) is 2.06. The predicted octanol–water partition coefficient (Wildman–Crippen LogP) is 2.69. The van der Waals surface area contributed by atoms with Gasteiger partial charge in [0.15, 0.2) is 5.17 Å². The SMILES string of the molecule is CN=C(N)SCc1ccc(Br)s1. The molecule has 66 valence electrons. The summed E-state index contributed by atoms with van der Waals surface area (Å²) in [6.07, 6.45) is 0. The second-order valence-corrected chi connectivity index (χ2v) is 5.60. The molecule has 1 aromatic heterocycles. The zero-order valence-corrected chi connectivity index (χ0v) is 9.80. The van der Waals surface area contributed by atoms with Gasteiger partial charge in [-0.25, -0.2) is 0 Å². The molecule has 0 aliphatic rings. The monoisotopic (exact) mass is 264 g/mol. The smallest absolute Gasteiger partial charge is 0.153 e.